The van der Waals surface area contributed by atoms with Crippen LogP contribution in [0.25, 0.3) is 6.08 Å². The Morgan fingerprint density at radius 2 is 1.42 bits per heavy atom. The second-order valence-corrected chi connectivity index (χ2v) is 15.6. The SMILES string of the molecule is COc1ccc(COC(=O)C2=C(/C=C/C=C/c3cn(C(c4ccccc4)(c4ccccc4)c4ccccc4)nn3)CS[C@@H]3[C@H](NC(=O)OC(C)(C)C)C(=O)N23)cc1. The van der Waals surface area contributed by atoms with Gasteiger partial charge in [-0.05, 0) is 66.8 Å². The molecule has 0 radical (unpaired) electrons. The Hall–Kier alpha value is -6.40. The summed E-state index contributed by atoms with van der Waals surface area (Å²) in [6, 6.07) is 37.0. The van der Waals surface area contributed by atoms with Crippen molar-refractivity contribution < 1.29 is 28.6 Å². The quantitative estimate of drug-likeness (QED) is 0.0593. The predicted octanol–water partition coefficient (Wildman–Crippen LogP) is 7.50. The van der Waals surface area contributed by atoms with Gasteiger partial charge in [0.05, 0.1) is 13.3 Å². The van der Waals surface area contributed by atoms with E-state index in [0.717, 1.165) is 22.3 Å². The van der Waals surface area contributed by atoms with E-state index in [9.17, 15) is 14.4 Å². The molecular weight excluding hydrogens is 739 g/mol. The molecule has 11 nitrogen and oxygen atoms in total. The third-order valence-corrected chi connectivity index (χ3v) is 10.8. The van der Waals surface area contributed by atoms with Crippen molar-refractivity contribution in [3.63, 3.8) is 0 Å². The normalized spacial score (nSPS) is 17.0. The number of amides is 2. The monoisotopic (exact) mass is 781 g/mol. The minimum atomic E-state index is -0.850. The van der Waals surface area contributed by atoms with Crippen LogP contribution < -0.4 is 10.1 Å². The molecule has 2 aliphatic heterocycles. The molecule has 7 rings (SSSR count). The molecule has 12 heteroatoms. The van der Waals surface area contributed by atoms with Crippen molar-refractivity contribution >= 4 is 35.8 Å². The smallest absolute Gasteiger partial charge is 0.408 e. The fourth-order valence-electron chi connectivity index (χ4n) is 6.91. The number of methoxy groups -OCH3 is 1. The van der Waals surface area contributed by atoms with Crippen LogP contribution >= 0.6 is 11.8 Å². The summed E-state index contributed by atoms with van der Waals surface area (Å²) in [7, 11) is 1.58. The molecule has 2 atom stereocenters. The molecule has 0 aliphatic carbocycles. The number of alkyl carbamates (subject to hydrolysis) is 1. The maximum atomic E-state index is 13.8. The average molecular weight is 782 g/mol. The van der Waals surface area contributed by atoms with Gasteiger partial charge >= 0.3 is 12.1 Å². The van der Waals surface area contributed by atoms with Crippen LogP contribution in [0.15, 0.2) is 151 Å². The van der Waals surface area contributed by atoms with E-state index >= 15 is 0 Å². The van der Waals surface area contributed by atoms with Crippen LogP contribution in [0.2, 0.25) is 0 Å². The Morgan fingerprint density at radius 3 is 1.98 bits per heavy atom. The highest BCUT2D eigenvalue weighted by molar-refractivity contribution is 8.00. The number of aromatic nitrogens is 3. The number of esters is 1. The first-order valence-electron chi connectivity index (χ1n) is 18.5. The number of hydrogen-bond donors (Lipinski definition) is 1. The fraction of sp³-hybridized carbons (Fsp3) is 0.222. The van der Waals surface area contributed by atoms with Crippen molar-refractivity contribution in [2.75, 3.05) is 12.9 Å². The van der Waals surface area contributed by atoms with Gasteiger partial charge in [0.25, 0.3) is 5.91 Å². The van der Waals surface area contributed by atoms with Crippen molar-refractivity contribution in [3.05, 3.63) is 179 Å². The first kappa shape index (κ1) is 38.9. The Labute approximate surface area is 336 Å². The zero-order valence-corrected chi connectivity index (χ0v) is 32.9. The number of allylic oxidation sites excluding steroid dienone is 3. The highest BCUT2D eigenvalue weighted by Crippen LogP contribution is 2.42. The summed E-state index contributed by atoms with van der Waals surface area (Å²) in [4.78, 5) is 41.3. The number of hydrogen-bond acceptors (Lipinski definition) is 9. The molecule has 0 spiro atoms. The first-order chi connectivity index (χ1) is 27.6. The molecule has 0 saturated carbocycles. The number of carbonyl (C=O) groups is 3. The molecular formula is C45H43N5O6S. The molecule has 1 saturated heterocycles. The van der Waals surface area contributed by atoms with Gasteiger partial charge in [0, 0.05) is 5.75 Å². The molecule has 57 heavy (non-hydrogen) atoms. The third-order valence-electron chi connectivity index (χ3n) is 9.50. The van der Waals surface area contributed by atoms with Crippen molar-refractivity contribution in [2.24, 2.45) is 0 Å². The average Bonchev–Trinajstić information content (AvgIpc) is 3.70. The highest BCUT2D eigenvalue weighted by Gasteiger charge is 2.54. The Kier molecular flexibility index (Phi) is 11.4. The number of nitrogens with one attached hydrogen (secondary N) is 1. The molecule has 1 N–H and O–H groups in total. The van der Waals surface area contributed by atoms with Crippen LogP contribution in [0.4, 0.5) is 4.79 Å². The minimum absolute atomic E-state index is 0.00521. The van der Waals surface area contributed by atoms with Gasteiger partial charge in [0.2, 0.25) is 0 Å². The van der Waals surface area contributed by atoms with E-state index in [1.54, 1.807) is 64.3 Å². The molecule has 0 bridgehead atoms. The fourth-order valence-corrected chi connectivity index (χ4v) is 8.23. The number of rotatable bonds is 12. The summed E-state index contributed by atoms with van der Waals surface area (Å²) in [5, 5.41) is 11.4. The lowest BCUT2D eigenvalue weighted by molar-refractivity contribution is -0.152. The van der Waals surface area contributed by atoms with E-state index in [-0.39, 0.29) is 12.3 Å². The minimum Gasteiger partial charge on any atom is -0.497 e. The number of ether oxygens (including phenoxy) is 3. The number of fused-ring (bicyclic) bond motifs is 1. The zero-order valence-electron chi connectivity index (χ0n) is 32.1. The van der Waals surface area contributed by atoms with Gasteiger partial charge in [-0.15, -0.1) is 16.9 Å². The molecule has 4 aromatic carbocycles. The van der Waals surface area contributed by atoms with E-state index < -0.39 is 40.5 Å². The first-order valence-corrected chi connectivity index (χ1v) is 19.5. The Morgan fingerprint density at radius 1 is 0.842 bits per heavy atom. The highest BCUT2D eigenvalue weighted by atomic mass is 32.2. The van der Waals surface area contributed by atoms with Gasteiger partial charge in [0.1, 0.15) is 46.3 Å². The summed E-state index contributed by atoms with van der Waals surface area (Å²) in [5.41, 5.74) is 3.65. The zero-order chi connectivity index (χ0) is 40.0. The number of benzene rings is 4. The van der Waals surface area contributed by atoms with Crippen LogP contribution in [-0.4, -0.2) is 67.7 Å². The summed E-state index contributed by atoms with van der Waals surface area (Å²) in [5.74, 6) is -0.0000110. The lowest BCUT2D eigenvalue weighted by atomic mass is 9.77. The lowest BCUT2D eigenvalue weighted by Crippen LogP contribution is -2.70. The largest absolute Gasteiger partial charge is 0.497 e. The van der Waals surface area contributed by atoms with Gasteiger partial charge in [-0.1, -0.05) is 127 Å². The summed E-state index contributed by atoms with van der Waals surface area (Å²) >= 11 is 1.44. The predicted molar refractivity (Wildman–Crippen MR) is 219 cm³/mol. The number of thioether (sulfide) groups is 1. The van der Waals surface area contributed by atoms with E-state index in [2.05, 4.69) is 52.0 Å². The molecule has 290 valence electrons. The van der Waals surface area contributed by atoms with Gasteiger partial charge in [0.15, 0.2) is 0 Å². The van der Waals surface area contributed by atoms with Crippen LogP contribution in [-0.2, 0) is 31.2 Å². The van der Waals surface area contributed by atoms with Crippen LogP contribution in [0.3, 0.4) is 0 Å². The van der Waals surface area contributed by atoms with Gasteiger partial charge in [-0.25, -0.2) is 14.3 Å². The topological polar surface area (TPSA) is 125 Å². The summed E-state index contributed by atoms with van der Waals surface area (Å²) in [6.07, 6.45) is 8.45. The molecule has 1 fully saturated rings. The van der Waals surface area contributed by atoms with Gasteiger partial charge < -0.3 is 19.5 Å². The standard InChI is InChI=1S/C45H43N5O6S/c1-44(2,3)56-43(53)46-38-40(51)50-39(42(52)55-29-31-24-26-37(54-4)27-25-31)32(30-57-41(38)50)16-14-15-23-36-28-49(48-47-36)45(33-17-8-5-9-18-33,34-19-10-6-11-20-34)35-21-12-7-13-22-35/h5-28,38,41H,29-30H2,1-4H3,(H,46,53)/b16-14+,23-15+/t38-,41-/m1/s1. The lowest BCUT2D eigenvalue weighted by Gasteiger charge is -2.49. The summed E-state index contributed by atoms with van der Waals surface area (Å²) in [6.45, 7) is 5.24. The van der Waals surface area contributed by atoms with Crippen LogP contribution in [0.1, 0.15) is 48.7 Å². The summed E-state index contributed by atoms with van der Waals surface area (Å²) < 4.78 is 18.3. The molecule has 3 heterocycles. The van der Waals surface area contributed by atoms with Gasteiger partial charge in [-0.2, -0.15) is 0 Å². The maximum absolute atomic E-state index is 13.8. The maximum Gasteiger partial charge on any atom is 0.408 e. The van der Waals surface area contributed by atoms with E-state index in [0.29, 0.717) is 22.8 Å². The molecule has 5 aromatic rings. The van der Waals surface area contributed by atoms with E-state index in [1.807, 2.05) is 77.6 Å². The number of nitrogens with zero attached hydrogens (tertiary/aromatic N) is 4. The number of β-lactam (4-membered cyclic amide) rings is 1. The molecule has 1 aromatic heterocycles. The van der Waals surface area contributed by atoms with Gasteiger partial charge in [-0.3, -0.25) is 9.69 Å². The second kappa shape index (κ2) is 16.8. The van der Waals surface area contributed by atoms with Crippen molar-refractivity contribution in [3.8, 4) is 5.75 Å². The third kappa shape index (κ3) is 8.27. The Bertz CT molecular complexity index is 2200. The van der Waals surface area contributed by atoms with E-state index in [4.69, 9.17) is 14.2 Å². The molecule has 2 aliphatic rings. The van der Waals surface area contributed by atoms with E-state index in [1.165, 1.54) is 16.7 Å². The van der Waals surface area contributed by atoms with Crippen LogP contribution in [0.5, 0.6) is 5.75 Å². The second-order valence-electron chi connectivity index (χ2n) is 14.4. The Balaban J connectivity index is 1.16. The van der Waals surface area contributed by atoms with Crippen molar-refractivity contribution in [2.45, 2.75) is 49.9 Å². The molecule has 0 unspecified atom stereocenters. The number of carbonyl (C=O) groups excluding carboxylic acids is 3. The molecule has 2 amide bonds. The van der Waals surface area contributed by atoms with Crippen molar-refractivity contribution in [1.29, 1.82) is 0 Å². The van der Waals surface area contributed by atoms with Crippen LogP contribution in [0, 0.1) is 0 Å². The van der Waals surface area contributed by atoms with Crippen molar-refractivity contribution in [1.82, 2.24) is 25.2 Å².